The molecule has 0 bridgehead atoms. The van der Waals surface area contributed by atoms with E-state index in [9.17, 15) is 14.0 Å². The summed E-state index contributed by atoms with van der Waals surface area (Å²) in [7, 11) is 1.61. The fraction of sp³-hybridized carbons (Fsp3) is 0.179. The molecule has 0 N–H and O–H groups in total. The second kappa shape index (κ2) is 9.54. The van der Waals surface area contributed by atoms with Crippen LogP contribution in [0, 0.1) is 5.82 Å². The lowest BCUT2D eigenvalue weighted by molar-refractivity contribution is -0.139. The van der Waals surface area contributed by atoms with E-state index in [1.54, 1.807) is 43.7 Å². The molecule has 0 amide bonds. The number of ether oxygens (including phenoxy) is 2. The molecule has 0 saturated carbocycles. The minimum absolute atomic E-state index is 0.195. The van der Waals surface area contributed by atoms with Gasteiger partial charge in [0.1, 0.15) is 11.6 Å². The molecule has 0 saturated heterocycles. The molecule has 1 aliphatic heterocycles. The van der Waals surface area contributed by atoms with E-state index in [-0.39, 0.29) is 18.0 Å². The predicted molar refractivity (Wildman–Crippen MR) is 137 cm³/mol. The zero-order valence-corrected chi connectivity index (χ0v) is 20.8. The van der Waals surface area contributed by atoms with Crippen LogP contribution in [0.25, 0.3) is 16.8 Å². The van der Waals surface area contributed by atoms with Gasteiger partial charge in [0, 0.05) is 5.39 Å². The number of benzene rings is 3. The minimum Gasteiger partial charge on any atom is -0.496 e. The van der Waals surface area contributed by atoms with E-state index in [1.807, 2.05) is 36.4 Å². The maximum Gasteiger partial charge on any atom is 0.338 e. The number of methoxy groups -OCH3 is 1. The van der Waals surface area contributed by atoms with E-state index in [0.717, 1.165) is 16.3 Å². The van der Waals surface area contributed by atoms with Crippen molar-refractivity contribution in [1.82, 2.24) is 4.57 Å². The minimum atomic E-state index is -0.744. The molecule has 2 heterocycles. The number of halogens is 1. The maximum absolute atomic E-state index is 13.8. The number of esters is 1. The lowest BCUT2D eigenvalue weighted by atomic mass is 9.91. The third-order valence-corrected chi connectivity index (χ3v) is 7.10. The molecule has 4 aromatic rings. The second-order valence-electron chi connectivity index (χ2n) is 8.26. The summed E-state index contributed by atoms with van der Waals surface area (Å²) in [6.07, 6.45) is 1.70. The third-order valence-electron chi connectivity index (χ3n) is 6.12. The normalized spacial score (nSPS) is 15.6. The van der Waals surface area contributed by atoms with E-state index in [1.165, 1.54) is 23.5 Å². The number of aromatic nitrogens is 1. The van der Waals surface area contributed by atoms with Gasteiger partial charge in [0.15, 0.2) is 4.80 Å². The Labute approximate surface area is 210 Å². The number of rotatable bonds is 5. The fourth-order valence-electron chi connectivity index (χ4n) is 4.51. The van der Waals surface area contributed by atoms with Crippen LogP contribution in [0.2, 0.25) is 0 Å². The van der Waals surface area contributed by atoms with Crippen LogP contribution in [-0.4, -0.2) is 24.3 Å². The van der Waals surface area contributed by atoms with Crippen molar-refractivity contribution in [3.8, 4) is 5.75 Å². The average molecular weight is 503 g/mol. The summed E-state index contributed by atoms with van der Waals surface area (Å²) in [4.78, 5) is 32.0. The van der Waals surface area contributed by atoms with Crippen molar-refractivity contribution in [2.24, 2.45) is 4.99 Å². The Hall–Kier alpha value is -4.04. The van der Waals surface area contributed by atoms with Crippen LogP contribution in [0.5, 0.6) is 5.75 Å². The highest BCUT2D eigenvalue weighted by Gasteiger charge is 2.34. The summed E-state index contributed by atoms with van der Waals surface area (Å²) >= 11 is 1.23. The van der Waals surface area contributed by atoms with Gasteiger partial charge >= 0.3 is 5.97 Å². The largest absolute Gasteiger partial charge is 0.496 e. The number of hydrogen-bond donors (Lipinski definition) is 0. The van der Waals surface area contributed by atoms with E-state index in [0.29, 0.717) is 31.9 Å². The number of carbonyl (C=O) groups excluding carboxylic acids is 1. The molecule has 6 nitrogen and oxygen atoms in total. The first kappa shape index (κ1) is 23.7. The van der Waals surface area contributed by atoms with E-state index in [2.05, 4.69) is 4.99 Å². The summed E-state index contributed by atoms with van der Waals surface area (Å²) in [5.74, 6) is -0.178. The molecule has 36 heavy (non-hydrogen) atoms. The molecule has 8 heteroatoms. The molecule has 182 valence electrons. The van der Waals surface area contributed by atoms with Gasteiger partial charge in [-0.2, -0.15) is 0 Å². The van der Waals surface area contributed by atoms with Crippen molar-refractivity contribution in [3.63, 3.8) is 0 Å². The van der Waals surface area contributed by atoms with E-state index < -0.39 is 12.0 Å². The van der Waals surface area contributed by atoms with Crippen LogP contribution in [-0.2, 0) is 9.53 Å². The van der Waals surface area contributed by atoms with Crippen molar-refractivity contribution in [3.05, 3.63) is 109 Å². The lowest BCUT2D eigenvalue weighted by Gasteiger charge is -2.26. The Bertz CT molecular complexity index is 1700. The second-order valence-corrected chi connectivity index (χ2v) is 9.27. The summed E-state index contributed by atoms with van der Waals surface area (Å²) in [5.41, 5.74) is 1.97. The zero-order chi connectivity index (χ0) is 25.4. The van der Waals surface area contributed by atoms with Crippen molar-refractivity contribution in [2.45, 2.75) is 19.9 Å². The fourth-order valence-corrected chi connectivity index (χ4v) is 5.55. The Balaban J connectivity index is 1.81. The molecule has 1 unspecified atom stereocenters. The highest BCUT2D eigenvalue weighted by molar-refractivity contribution is 7.07. The first-order valence-electron chi connectivity index (χ1n) is 11.4. The van der Waals surface area contributed by atoms with Crippen LogP contribution in [0.4, 0.5) is 4.39 Å². The number of hydrogen-bond acceptors (Lipinski definition) is 6. The molecule has 1 aromatic heterocycles. The van der Waals surface area contributed by atoms with Gasteiger partial charge in [0.05, 0.1) is 35.6 Å². The SMILES string of the molecule is CCOC(=O)C1=C(C)N=c2sc(=Cc3ccc(F)cc3)c(=O)n2C1c1ccc(OC)c2ccccc12. The van der Waals surface area contributed by atoms with Crippen molar-refractivity contribution >= 4 is 34.2 Å². The smallest absolute Gasteiger partial charge is 0.338 e. The van der Waals surface area contributed by atoms with Crippen molar-refractivity contribution < 1.29 is 18.7 Å². The van der Waals surface area contributed by atoms with Gasteiger partial charge in [-0.25, -0.2) is 14.2 Å². The topological polar surface area (TPSA) is 69.9 Å². The van der Waals surface area contributed by atoms with Gasteiger partial charge in [0.25, 0.3) is 5.56 Å². The standard InChI is InChI=1S/C28H23FN2O4S/c1-4-35-27(33)24-16(2)30-28-31(26(32)23(36-28)15-17-9-11-18(29)12-10-17)25(24)21-13-14-22(34-3)20-8-6-5-7-19(20)21/h5-15,25H,4H2,1-3H3. The third kappa shape index (κ3) is 4.03. The highest BCUT2D eigenvalue weighted by atomic mass is 32.1. The predicted octanol–water partition coefficient (Wildman–Crippen LogP) is 4.10. The van der Waals surface area contributed by atoms with Crippen molar-refractivity contribution in [2.75, 3.05) is 13.7 Å². The van der Waals surface area contributed by atoms with Gasteiger partial charge in [0.2, 0.25) is 0 Å². The average Bonchev–Trinajstić information content (AvgIpc) is 3.18. The summed E-state index contributed by atoms with van der Waals surface area (Å²) < 4.78 is 26.3. The van der Waals surface area contributed by atoms with Gasteiger partial charge < -0.3 is 9.47 Å². The molecule has 5 rings (SSSR count). The van der Waals surface area contributed by atoms with Gasteiger partial charge in [-0.1, -0.05) is 53.8 Å². The Kier molecular flexibility index (Phi) is 6.28. The zero-order valence-electron chi connectivity index (χ0n) is 19.9. The molecule has 1 atom stereocenters. The summed E-state index contributed by atoms with van der Waals surface area (Å²) in [6.45, 7) is 3.69. The molecule has 0 radical (unpaired) electrons. The summed E-state index contributed by atoms with van der Waals surface area (Å²) in [5, 5.41) is 1.72. The lowest BCUT2D eigenvalue weighted by Crippen LogP contribution is -2.40. The molecule has 0 spiro atoms. The first-order chi connectivity index (χ1) is 17.4. The van der Waals surface area contributed by atoms with Gasteiger partial charge in [-0.3, -0.25) is 9.36 Å². The van der Waals surface area contributed by atoms with Crippen molar-refractivity contribution in [1.29, 1.82) is 0 Å². The quantitative estimate of drug-likeness (QED) is 0.386. The Morgan fingerprint density at radius 1 is 1.11 bits per heavy atom. The molecular formula is C28H23FN2O4S. The Morgan fingerprint density at radius 2 is 1.83 bits per heavy atom. The maximum atomic E-state index is 13.8. The van der Waals surface area contributed by atoms with Gasteiger partial charge in [-0.15, -0.1) is 0 Å². The molecular weight excluding hydrogens is 479 g/mol. The number of carbonyl (C=O) groups is 1. The van der Waals surface area contributed by atoms with Gasteiger partial charge in [-0.05, 0) is 54.6 Å². The van der Waals surface area contributed by atoms with Crippen LogP contribution in [0.3, 0.4) is 0 Å². The van der Waals surface area contributed by atoms with Crippen LogP contribution >= 0.6 is 11.3 Å². The van der Waals surface area contributed by atoms with Crippen LogP contribution < -0.4 is 19.6 Å². The highest BCUT2D eigenvalue weighted by Crippen LogP contribution is 2.37. The molecule has 3 aromatic carbocycles. The molecule has 1 aliphatic rings. The van der Waals surface area contributed by atoms with Crippen LogP contribution in [0.15, 0.2) is 81.7 Å². The number of fused-ring (bicyclic) bond motifs is 2. The summed E-state index contributed by atoms with van der Waals surface area (Å²) in [6, 6.07) is 16.6. The molecule has 0 aliphatic carbocycles. The van der Waals surface area contributed by atoms with E-state index >= 15 is 0 Å². The Morgan fingerprint density at radius 3 is 2.53 bits per heavy atom. The number of allylic oxidation sites excluding steroid dienone is 1. The number of nitrogens with zero attached hydrogens (tertiary/aromatic N) is 2. The first-order valence-corrected chi connectivity index (χ1v) is 12.3. The monoisotopic (exact) mass is 502 g/mol. The number of thiazole rings is 1. The van der Waals surface area contributed by atoms with E-state index in [4.69, 9.17) is 9.47 Å². The van der Waals surface area contributed by atoms with Crippen LogP contribution in [0.1, 0.15) is 31.0 Å². The molecule has 0 fully saturated rings.